The fourth-order valence-electron chi connectivity index (χ4n) is 4.46. The highest BCUT2D eigenvalue weighted by Gasteiger charge is 2.34. The van der Waals surface area contributed by atoms with Gasteiger partial charge >= 0.3 is 5.97 Å². The molecule has 0 radical (unpaired) electrons. The van der Waals surface area contributed by atoms with Gasteiger partial charge in [0.25, 0.3) is 0 Å². The first-order valence-corrected chi connectivity index (χ1v) is 10.4. The zero-order valence-electron chi connectivity index (χ0n) is 16.8. The van der Waals surface area contributed by atoms with Gasteiger partial charge in [0.05, 0.1) is 6.10 Å². The van der Waals surface area contributed by atoms with Crippen LogP contribution in [0.25, 0.3) is 0 Å². The molecule has 2 aliphatic rings. The van der Waals surface area contributed by atoms with Crippen molar-refractivity contribution in [2.45, 2.75) is 97.9 Å². The van der Waals surface area contributed by atoms with Gasteiger partial charge in [0.2, 0.25) is 6.29 Å². The lowest BCUT2D eigenvalue weighted by molar-refractivity contribution is -0.196. The summed E-state index contributed by atoms with van der Waals surface area (Å²) in [6, 6.07) is 0. The second-order valence-electron chi connectivity index (χ2n) is 9.04. The fraction of sp³-hybridized carbons (Fsp3) is 0.864. The molecule has 0 spiro atoms. The van der Waals surface area contributed by atoms with Crippen molar-refractivity contribution in [2.24, 2.45) is 23.7 Å². The molecule has 0 aliphatic heterocycles. The van der Waals surface area contributed by atoms with Gasteiger partial charge in [-0.2, -0.15) is 0 Å². The topological polar surface area (TPSA) is 35.5 Å². The van der Waals surface area contributed by atoms with Crippen molar-refractivity contribution in [3.63, 3.8) is 0 Å². The molecule has 3 heteroatoms. The molecule has 2 aliphatic carbocycles. The molecule has 0 N–H and O–H groups in total. The third-order valence-electron chi connectivity index (χ3n) is 5.68. The minimum atomic E-state index is -0.429. The standard InChI is InChI=1S/C22H38O3/c1-15(2)12-17(5)22(23)25-21(13-16(3)4)24-20-11-10-18-8-6-7-9-19(18)14-20/h15-16,18-21H,5-14H2,1-4H3. The largest absolute Gasteiger partial charge is 0.432 e. The summed E-state index contributed by atoms with van der Waals surface area (Å²) < 4.78 is 12.0. The van der Waals surface area contributed by atoms with Crippen molar-refractivity contribution in [3.05, 3.63) is 12.2 Å². The molecule has 2 rings (SSSR count). The predicted molar refractivity (Wildman–Crippen MR) is 102 cm³/mol. The molecule has 0 aromatic carbocycles. The third-order valence-corrected chi connectivity index (χ3v) is 5.68. The van der Waals surface area contributed by atoms with Gasteiger partial charge in [-0.3, -0.25) is 0 Å². The van der Waals surface area contributed by atoms with Crippen molar-refractivity contribution in [3.8, 4) is 0 Å². The summed E-state index contributed by atoms with van der Waals surface area (Å²) >= 11 is 0. The molecular weight excluding hydrogens is 312 g/mol. The van der Waals surface area contributed by atoms with E-state index >= 15 is 0 Å². The van der Waals surface area contributed by atoms with Crippen LogP contribution in [0.1, 0.15) is 85.5 Å². The molecule has 3 nitrogen and oxygen atoms in total. The quantitative estimate of drug-likeness (QED) is 0.311. The number of carbonyl (C=O) groups is 1. The maximum atomic E-state index is 12.3. The Morgan fingerprint density at radius 3 is 2.32 bits per heavy atom. The van der Waals surface area contributed by atoms with E-state index in [9.17, 15) is 4.79 Å². The third kappa shape index (κ3) is 6.77. The first kappa shape index (κ1) is 20.5. The lowest BCUT2D eigenvalue weighted by Crippen LogP contribution is -2.36. The van der Waals surface area contributed by atoms with E-state index in [1.165, 1.54) is 32.1 Å². The molecule has 0 bridgehead atoms. The van der Waals surface area contributed by atoms with Crippen molar-refractivity contribution in [1.29, 1.82) is 0 Å². The van der Waals surface area contributed by atoms with E-state index in [4.69, 9.17) is 9.47 Å². The SMILES string of the molecule is C=C(CC(C)C)C(=O)OC(CC(C)C)OC1CCC2CCCCC2C1. The van der Waals surface area contributed by atoms with Crippen LogP contribution in [0.5, 0.6) is 0 Å². The minimum absolute atomic E-state index is 0.245. The smallest absolute Gasteiger partial charge is 0.335 e. The van der Waals surface area contributed by atoms with Gasteiger partial charge in [-0.1, -0.05) is 60.0 Å². The van der Waals surface area contributed by atoms with Crippen molar-refractivity contribution in [1.82, 2.24) is 0 Å². The molecule has 0 aromatic heterocycles. The fourth-order valence-corrected chi connectivity index (χ4v) is 4.46. The van der Waals surface area contributed by atoms with E-state index in [2.05, 4.69) is 34.3 Å². The van der Waals surface area contributed by atoms with Gasteiger partial charge in [0, 0.05) is 12.0 Å². The number of esters is 1. The molecule has 2 fully saturated rings. The van der Waals surface area contributed by atoms with E-state index in [0.29, 0.717) is 23.8 Å². The van der Waals surface area contributed by atoms with Gasteiger partial charge < -0.3 is 9.47 Å². The summed E-state index contributed by atoms with van der Waals surface area (Å²) in [7, 11) is 0. The Morgan fingerprint density at radius 2 is 1.68 bits per heavy atom. The molecule has 0 saturated heterocycles. The zero-order valence-corrected chi connectivity index (χ0v) is 16.8. The molecule has 25 heavy (non-hydrogen) atoms. The second-order valence-corrected chi connectivity index (χ2v) is 9.04. The zero-order chi connectivity index (χ0) is 18.4. The van der Waals surface area contributed by atoms with E-state index in [1.54, 1.807) is 0 Å². The molecule has 0 heterocycles. The number of hydrogen-bond acceptors (Lipinski definition) is 3. The maximum Gasteiger partial charge on any atom is 0.335 e. The first-order valence-electron chi connectivity index (χ1n) is 10.4. The van der Waals surface area contributed by atoms with Crippen LogP contribution in [0.4, 0.5) is 0 Å². The summed E-state index contributed by atoms with van der Waals surface area (Å²) in [5, 5.41) is 0. The Hall–Kier alpha value is -0.830. The minimum Gasteiger partial charge on any atom is -0.432 e. The number of fused-ring (bicyclic) bond motifs is 1. The van der Waals surface area contributed by atoms with E-state index < -0.39 is 6.29 Å². The van der Waals surface area contributed by atoms with Gasteiger partial charge in [-0.15, -0.1) is 0 Å². The lowest BCUT2D eigenvalue weighted by Gasteiger charge is -2.40. The summed E-state index contributed by atoms with van der Waals surface area (Å²) in [5.41, 5.74) is 0.559. The molecular formula is C22H38O3. The van der Waals surface area contributed by atoms with E-state index in [1.807, 2.05) is 0 Å². The second kappa shape index (κ2) is 9.75. The van der Waals surface area contributed by atoms with E-state index in [0.717, 1.165) is 31.1 Å². The summed E-state index contributed by atoms with van der Waals surface area (Å²) in [4.78, 5) is 12.3. The van der Waals surface area contributed by atoms with Crippen LogP contribution >= 0.6 is 0 Å². The number of carbonyl (C=O) groups excluding carboxylic acids is 1. The highest BCUT2D eigenvalue weighted by Crippen LogP contribution is 2.41. The van der Waals surface area contributed by atoms with Gasteiger partial charge in [0.1, 0.15) is 0 Å². The Morgan fingerprint density at radius 1 is 1.00 bits per heavy atom. The Balaban J connectivity index is 1.88. The van der Waals surface area contributed by atoms with Crippen molar-refractivity contribution >= 4 is 5.97 Å². The first-order chi connectivity index (χ1) is 11.8. The van der Waals surface area contributed by atoms with Crippen LogP contribution in [0, 0.1) is 23.7 Å². The highest BCUT2D eigenvalue weighted by molar-refractivity contribution is 5.87. The van der Waals surface area contributed by atoms with Crippen LogP contribution in [0.15, 0.2) is 12.2 Å². The Kier molecular flexibility index (Phi) is 7.99. The average Bonchev–Trinajstić information content (AvgIpc) is 2.53. The highest BCUT2D eigenvalue weighted by atomic mass is 16.7. The van der Waals surface area contributed by atoms with Crippen LogP contribution in [-0.2, 0) is 14.3 Å². The molecule has 144 valence electrons. The summed E-state index contributed by atoms with van der Waals surface area (Å²) in [5.74, 6) is 2.28. The molecule has 2 saturated carbocycles. The summed E-state index contributed by atoms with van der Waals surface area (Å²) in [6.07, 6.45) is 10.3. The lowest BCUT2D eigenvalue weighted by atomic mass is 9.70. The molecule has 4 atom stereocenters. The Labute approximate surface area is 154 Å². The van der Waals surface area contributed by atoms with E-state index in [-0.39, 0.29) is 12.1 Å². The van der Waals surface area contributed by atoms with Crippen LogP contribution in [0.2, 0.25) is 0 Å². The molecule has 0 aromatic rings. The Bertz CT molecular complexity index is 441. The van der Waals surface area contributed by atoms with Gasteiger partial charge in [-0.05, 0) is 49.4 Å². The van der Waals surface area contributed by atoms with Crippen LogP contribution in [0.3, 0.4) is 0 Å². The molecule has 4 unspecified atom stereocenters. The van der Waals surface area contributed by atoms with Gasteiger partial charge in [0.15, 0.2) is 0 Å². The average molecular weight is 351 g/mol. The van der Waals surface area contributed by atoms with Crippen molar-refractivity contribution in [2.75, 3.05) is 0 Å². The van der Waals surface area contributed by atoms with Crippen LogP contribution in [-0.4, -0.2) is 18.4 Å². The normalized spacial score (nSPS) is 27.8. The maximum absolute atomic E-state index is 12.3. The molecule has 0 amide bonds. The number of hydrogen-bond donors (Lipinski definition) is 0. The van der Waals surface area contributed by atoms with Crippen LogP contribution < -0.4 is 0 Å². The predicted octanol–water partition coefficient (Wildman–Crippen LogP) is 5.88. The number of ether oxygens (including phenoxy) is 2. The monoisotopic (exact) mass is 350 g/mol. The van der Waals surface area contributed by atoms with Gasteiger partial charge in [-0.25, -0.2) is 4.79 Å². The number of rotatable bonds is 8. The summed E-state index contributed by atoms with van der Waals surface area (Å²) in [6.45, 7) is 12.4. The van der Waals surface area contributed by atoms with Crippen molar-refractivity contribution < 1.29 is 14.3 Å².